The first-order chi connectivity index (χ1) is 23.5. The number of hydrogen-bond donors (Lipinski definition) is 3. The highest BCUT2D eigenvalue weighted by atomic mass is 14.7. The largest absolute Gasteiger partial charge is 0.399 e. The second-order valence-electron chi connectivity index (χ2n) is 14.9. The fraction of sp³-hybridized carbons (Fsp3) is 0.200. The van der Waals surface area contributed by atoms with E-state index in [-0.39, 0.29) is 12.1 Å². The Hall–Kier alpha value is -4.96. The summed E-state index contributed by atoms with van der Waals surface area (Å²) < 4.78 is 0. The molecule has 0 amide bonds. The summed E-state index contributed by atoms with van der Waals surface area (Å²) in [5.74, 6) is 1.55. The van der Waals surface area contributed by atoms with E-state index in [9.17, 15) is 0 Å². The van der Waals surface area contributed by atoms with Crippen molar-refractivity contribution in [2.45, 2.75) is 43.2 Å². The van der Waals surface area contributed by atoms with Gasteiger partial charge in [0.25, 0.3) is 0 Å². The second kappa shape index (κ2) is 9.56. The first-order valence-corrected chi connectivity index (χ1v) is 17.6. The van der Waals surface area contributed by atoms with Crippen LogP contribution in [0.5, 0.6) is 0 Å². The van der Waals surface area contributed by atoms with Gasteiger partial charge in [-0.15, -0.1) is 0 Å². The number of benzene rings is 3. The average molecular weight is 620 g/mol. The van der Waals surface area contributed by atoms with Gasteiger partial charge in [-0.2, -0.15) is 0 Å². The highest BCUT2D eigenvalue weighted by molar-refractivity contribution is 5.91. The second-order valence-corrected chi connectivity index (χ2v) is 14.9. The van der Waals surface area contributed by atoms with E-state index in [1.165, 1.54) is 77.9 Å². The van der Waals surface area contributed by atoms with Crippen LogP contribution < -0.4 is 17.2 Å². The maximum absolute atomic E-state index is 7.15. The molecule has 0 heterocycles. The summed E-state index contributed by atoms with van der Waals surface area (Å²) in [6.07, 6.45) is 28.4. The first-order valence-electron chi connectivity index (χ1n) is 17.6. The third-order valence-corrected chi connectivity index (χ3v) is 12.4. The molecule has 48 heavy (non-hydrogen) atoms. The smallest absolute Gasteiger partial charge is 0.0564 e. The van der Waals surface area contributed by atoms with Gasteiger partial charge in [0.15, 0.2) is 0 Å². The predicted molar refractivity (Wildman–Crippen MR) is 196 cm³/mol. The average Bonchev–Trinajstić information content (AvgIpc) is 3.38. The van der Waals surface area contributed by atoms with E-state index >= 15 is 0 Å². The first kappa shape index (κ1) is 27.0. The Morgan fingerprint density at radius 1 is 0.625 bits per heavy atom. The van der Waals surface area contributed by atoms with Gasteiger partial charge in [0.2, 0.25) is 0 Å². The fourth-order valence-electron chi connectivity index (χ4n) is 10.3. The van der Waals surface area contributed by atoms with Crippen molar-refractivity contribution in [2.24, 2.45) is 29.0 Å². The molecule has 3 heteroatoms. The lowest BCUT2D eigenvalue weighted by Crippen LogP contribution is -2.32. The standard InChI is InChI=1S/C45H37N3/c46-31-17-27-3-1-23-5-11-33(37-15-9-29(19-31)41(27)43(23)37)25-7-13-35-36-14-8-26(22-40(36)45(48)39(35)21-25)34-12-6-24-2-4-28-18-32(47)20-30-10-16-38(34)44(24)42(28)30/h1-5,7-17,19,21-22,24,28,32,41,43,45H,6,18,20,46-48H2/t24?,28?,32?,41?,43?,45-/m0/s1. The Labute approximate surface area is 281 Å². The molecule has 0 radical (unpaired) electrons. The number of allylic oxidation sites excluding steroid dienone is 16. The number of nitrogens with two attached hydrogens (primary N) is 3. The third kappa shape index (κ3) is 3.61. The Morgan fingerprint density at radius 3 is 2.19 bits per heavy atom. The molecule has 0 aliphatic heterocycles. The molecule has 0 bridgehead atoms. The van der Waals surface area contributed by atoms with Crippen LogP contribution in [0.15, 0.2) is 143 Å². The number of hydrogen-bond acceptors (Lipinski definition) is 3. The maximum Gasteiger partial charge on any atom is 0.0564 e. The number of rotatable bonds is 2. The lowest BCUT2D eigenvalue weighted by molar-refractivity contribution is 0.525. The molecule has 0 aromatic heterocycles. The molecule has 232 valence electrons. The zero-order valence-electron chi connectivity index (χ0n) is 26.8. The van der Waals surface area contributed by atoms with E-state index in [1.807, 2.05) is 0 Å². The van der Waals surface area contributed by atoms with Crippen molar-refractivity contribution in [1.29, 1.82) is 0 Å². The molecule has 3 aromatic carbocycles. The summed E-state index contributed by atoms with van der Waals surface area (Å²) in [5, 5.41) is 0. The highest BCUT2D eigenvalue weighted by Gasteiger charge is 2.40. The summed E-state index contributed by atoms with van der Waals surface area (Å²) in [6.45, 7) is 0. The summed E-state index contributed by atoms with van der Waals surface area (Å²) >= 11 is 0. The van der Waals surface area contributed by atoms with Crippen LogP contribution in [0.4, 0.5) is 0 Å². The molecule has 3 aromatic rings. The lowest BCUT2D eigenvalue weighted by Gasteiger charge is -2.41. The van der Waals surface area contributed by atoms with Crippen molar-refractivity contribution in [3.8, 4) is 11.1 Å². The molecule has 11 rings (SSSR count). The van der Waals surface area contributed by atoms with Crippen molar-refractivity contribution in [2.75, 3.05) is 0 Å². The van der Waals surface area contributed by atoms with E-state index in [4.69, 9.17) is 17.2 Å². The van der Waals surface area contributed by atoms with Crippen molar-refractivity contribution >= 4 is 11.1 Å². The van der Waals surface area contributed by atoms with Crippen LogP contribution in [0.25, 0.3) is 22.3 Å². The summed E-state index contributed by atoms with van der Waals surface area (Å²) in [5.41, 5.74) is 42.1. The Bertz CT molecular complexity index is 2330. The molecule has 8 aliphatic rings. The molecule has 0 spiro atoms. The quantitative estimate of drug-likeness (QED) is 0.252. The minimum atomic E-state index is -0.164. The molecule has 0 saturated heterocycles. The molecule has 6 N–H and O–H groups in total. The third-order valence-electron chi connectivity index (χ3n) is 12.4. The normalized spacial score (nSPS) is 29.2. The van der Waals surface area contributed by atoms with Gasteiger partial charge >= 0.3 is 0 Å². The highest BCUT2D eigenvalue weighted by Crippen LogP contribution is 2.54. The van der Waals surface area contributed by atoms with Gasteiger partial charge in [0.1, 0.15) is 0 Å². The summed E-state index contributed by atoms with van der Waals surface area (Å²) in [4.78, 5) is 0. The van der Waals surface area contributed by atoms with Crippen molar-refractivity contribution in [3.63, 3.8) is 0 Å². The van der Waals surface area contributed by atoms with Gasteiger partial charge < -0.3 is 17.2 Å². The van der Waals surface area contributed by atoms with Gasteiger partial charge in [0.05, 0.1) is 6.04 Å². The lowest BCUT2D eigenvalue weighted by atomic mass is 9.62. The van der Waals surface area contributed by atoms with Crippen LogP contribution in [0.3, 0.4) is 0 Å². The molecule has 6 atom stereocenters. The zero-order valence-corrected chi connectivity index (χ0v) is 26.8. The summed E-state index contributed by atoms with van der Waals surface area (Å²) in [7, 11) is 0. The number of fused-ring (bicyclic) bond motifs is 3. The molecule has 8 aliphatic carbocycles. The Balaban J connectivity index is 0.959. The van der Waals surface area contributed by atoms with Crippen LogP contribution in [-0.4, -0.2) is 6.04 Å². The Morgan fingerprint density at radius 2 is 1.35 bits per heavy atom. The molecular weight excluding hydrogens is 583 g/mol. The van der Waals surface area contributed by atoms with Crippen LogP contribution in [0.1, 0.15) is 75.2 Å². The minimum Gasteiger partial charge on any atom is -0.399 e. The van der Waals surface area contributed by atoms with Crippen LogP contribution in [0, 0.1) is 11.8 Å². The van der Waals surface area contributed by atoms with E-state index in [0.717, 1.165) is 25.0 Å². The molecule has 5 unspecified atom stereocenters. The maximum atomic E-state index is 7.15. The van der Waals surface area contributed by atoms with Gasteiger partial charge in [-0.1, -0.05) is 91.1 Å². The van der Waals surface area contributed by atoms with Gasteiger partial charge in [-0.3, -0.25) is 0 Å². The predicted octanol–water partition coefficient (Wildman–Crippen LogP) is 8.34. The summed E-state index contributed by atoms with van der Waals surface area (Å²) in [6, 6.07) is 18.8. The van der Waals surface area contributed by atoms with Gasteiger partial charge in [-0.25, -0.2) is 0 Å². The monoisotopic (exact) mass is 619 g/mol. The molecule has 0 fully saturated rings. The molecule has 3 nitrogen and oxygen atoms in total. The zero-order chi connectivity index (χ0) is 31.8. The van der Waals surface area contributed by atoms with Crippen LogP contribution in [0.2, 0.25) is 0 Å². The van der Waals surface area contributed by atoms with E-state index in [1.54, 1.807) is 11.1 Å². The van der Waals surface area contributed by atoms with Crippen LogP contribution >= 0.6 is 0 Å². The van der Waals surface area contributed by atoms with Gasteiger partial charge in [0, 0.05) is 35.4 Å². The van der Waals surface area contributed by atoms with E-state index < -0.39 is 0 Å². The van der Waals surface area contributed by atoms with Gasteiger partial charge in [-0.05, 0) is 133 Å². The van der Waals surface area contributed by atoms with Crippen molar-refractivity contribution < 1.29 is 0 Å². The van der Waals surface area contributed by atoms with Crippen LogP contribution in [-0.2, 0) is 6.42 Å². The SMILES string of the molecule is NC1=CC2=CC=C3C(c4ccc5c(c4)[C@H](N)c4cc(C6=CCC7C=CC8CC(N)Cc9ccc6c7c98)ccc4-5)=CC=C4C=CC(=C1)C2C43. The van der Waals surface area contributed by atoms with E-state index in [0.29, 0.717) is 23.7 Å². The topological polar surface area (TPSA) is 78.1 Å². The minimum absolute atomic E-state index is 0.164. The van der Waals surface area contributed by atoms with Crippen molar-refractivity contribution in [3.05, 3.63) is 188 Å². The molecule has 0 saturated carbocycles. The fourth-order valence-corrected chi connectivity index (χ4v) is 10.3. The molecular formula is C45H37N3. The van der Waals surface area contributed by atoms with E-state index in [2.05, 4.69) is 115 Å². The van der Waals surface area contributed by atoms with Crippen molar-refractivity contribution in [1.82, 2.24) is 0 Å². The Kier molecular flexibility index (Phi) is 5.39.